The SMILES string of the molecule is Cc1cccc(C(=O)NCCc2cnn(-c3ccccc3)c2)n1. The fraction of sp³-hybridized carbons (Fsp3) is 0.167. The van der Waals surface area contributed by atoms with Crippen molar-refractivity contribution in [3.05, 3.63) is 77.9 Å². The quantitative estimate of drug-likeness (QED) is 0.788. The number of aryl methyl sites for hydroxylation is 1. The monoisotopic (exact) mass is 306 g/mol. The smallest absolute Gasteiger partial charge is 0.269 e. The van der Waals surface area contributed by atoms with Crippen LogP contribution in [0.15, 0.2) is 60.9 Å². The van der Waals surface area contributed by atoms with Gasteiger partial charge in [0.1, 0.15) is 5.69 Å². The molecule has 3 rings (SSSR count). The van der Waals surface area contributed by atoms with Crippen molar-refractivity contribution in [2.24, 2.45) is 0 Å². The van der Waals surface area contributed by atoms with E-state index in [9.17, 15) is 4.79 Å². The van der Waals surface area contributed by atoms with Crippen molar-refractivity contribution in [1.82, 2.24) is 20.1 Å². The zero-order chi connectivity index (χ0) is 16.1. The summed E-state index contributed by atoms with van der Waals surface area (Å²) in [4.78, 5) is 16.2. The molecule has 2 heterocycles. The summed E-state index contributed by atoms with van der Waals surface area (Å²) in [5, 5.41) is 7.23. The molecule has 3 aromatic rings. The number of hydrogen-bond donors (Lipinski definition) is 1. The van der Waals surface area contributed by atoms with E-state index in [1.807, 2.05) is 66.5 Å². The maximum absolute atomic E-state index is 12.0. The maximum atomic E-state index is 12.0. The highest BCUT2D eigenvalue weighted by Gasteiger charge is 2.07. The average molecular weight is 306 g/mol. The number of nitrogens with zero attached hydrogens (tertiary/aromatic N) is 3. The van der Waals surface area contributed by atoms with Crippen molar-refractivity contribution in [2.75, 3.05) is 6.54 Å². The summed E-state index contributed by atoms with van der Waals surface area (Å²) in [5.41, 5.74) is 3.38. The first kappa shape index (κ1) is 15.0. The van der Waals surface area contributed by atoms with Gasteiger partial charge in [-0.15, -0.1) is 0 Å². The Hall–Kier alpha value is -2.95. The molecule has 0 radical (unpaired) electrons. The lowest BCUT2D eigenvalue weighted by atomic mass is 10.2. The van der Waals surface area contributed by atoms with E-state index in [1.165, 1.54) is 0 Å². The first-order valence-electron chi connectivity index (χ1n) is 7.53. The number of nitrogens with one attached hydrogen (secondary N) is 1. The molecule has 0 saturated carbocycles. The highest BCUT2D eigenvalue weighted by molar-refractivity contribution is 5.92. The predicted molar refractivity (Wildman–Crippen MR) is 88.6 cm³/mol. The highest BCUT2D eigenvalue weighted by Crippen LogP contribution is 2.07. The Labute approximate surface area is 135 Å². The van der Waals surface area contributed by atoms with Crippen LogP contribution in [0.25, 0.3) is 5.69 Å². The zero-order valence-corrected chi connectivity index (χ0v) is 12.9. The van der Waals surface area contributed by atoms with E-state index in [0.717, 1.165) is 23.4 Å². The fourth-order valence-electron chi connectivity index (χ4n) is 2.29. The Morgan fingerprint density at radius 3 is 2.74 bits per heavy atom. The van der Waals surface area contributed by atoms with Gasteiger partial charge >= 0.3 is 0 Å². The zero-order valence-electron chi connectivity index (χ0n) is 12.9. The Morgan fingerprint density at radius 1 is 1.13 bits per heavy atom. The Kier molecular flexibility index (Phi) is 4.47. The van der Waals surface area contributed by atoms with Crippen molar-refractivity contribution < 1.29 is 4.79 Å². The van der Waals surface area contributed by atoms with Gasteiger partial charge in [-0.05, 0) is 43.2 Å². The van der Waals surface area contributed by atoms with Crippen LogP contribution in [0.1, 0.15) is 21.7 Å². The molecule has 0 saturated heterocycles. The van der Waals surface area contributed by atoms with Crippen molar-refractivity contribution in [2.45, 2.75) is 13.3 Å². The minimum absolute atomic E-state index is 0.149. The third-order valence-electron chi connectivity index (χ3n) is 3.48. The minimum Gasteiger partial charge on any atom is -0.350 e. The van der Waals surface area contributed by atoms with Gasteiger partial charge < -0.3 is 5.32 Å². The largest absolute Gasteiger partial charge is 0.350 e. The van der Waals surface area contributed by atoms with Gasteiger partial charge in [-0.1, -0.05) is 24.3 Å². The topological polar surface area (TPSA) is 59.8 Å². The fourth-order valence-corrected chi connectivity index (χ4v) is 2.29. The van der Waals surface area contributed by atoms with Crippen LogP contribution in [0.5, 0.6) is 0 Å². The first-order chi connectivity index (χ1) is 11.2. The van der Waals surface area contributed by atoms with Crippen LogP contribution in [0.4, 0.5) is 0 Å². The summed E-state index contributed by atoms with van der Waals surface area (Å²) in [5.74, 6) is -0.149. The molecule has 5 heteroatoms. The third-order valence-corrected chi connectivity index (χ3v) is 3.48. The van der Waals surface area contributed by atoms with Gasteiger partial charge in [0.2, 0.25) is 0 Å². The van der Waals surface area contributed by atoms with Crippen LogP contribution in [0.2, 0.25) is 0 Å². The van der Waals surface area contributed by atoms with Crippen LogP contribution in [-0.4, -0.2) is 27.2 Å². The first-order valence-corrected chi connectivity index (χ1v) is 7.53. The summed E-state index contributed by atoms with van der Waals surface area (Å²) in [6.45, 7) is 2.42. The van der Waals surface area contributed by atoms with E-state index < -0.39 is 0 Å². The number of para-hydroxylation sites is 1. The van der Waals surface area contributed by atoms with Crippen LogP contribution in [0.3, 0.4) is 0 Å². The van der Waals surface area contributed by atoms with E-state index in [1.54, 1.807) is 6.07 Å². The molecule has 1 aromatic carbocycles. The minimum atomic E-state index is -0.149. The Morgan fingerprint density at radius 2 is 1.96 bits per heavy atom. The van der Waals surface area contributed by atoms with Crippen molar-refractivity contribution in [3.8, 4) is 5.69 Å². The van der Waals surface area contributed by atoms with E-state index in [4.69, 9.17) is 0 Å². The normalized spacial score (nSPS) is 10.5. The van der Waals surface area contributed by atoms with Crippen molar-refractivity contribution in [3.63, 3.8) is 0 Å². The molecule has 23 heavy (non-hydrogen) atoms. The van der Waals surface area contributed by atoms with Crippen molar-refractivity contribution in [1.29, 1.82) is 0 Å². The van der Waals surface area contributed by atoms with Gasteiger partial charge in [0, 0.05) is 18.4 Å². The number of carbonyl (C=O) groups excluding carboxylic acids is 1. The molecule has 0 spiro atoms. The van der Waals surface area contributed by atoms with E-state index in [2.05, 4.69) is 15.4 Å². The number of pyridine rings is 1. The molecule has 1 N–H and O–H groups in total. The average Bonchev–Trinajstić information content (AvgIpc) is 3.04. The number of benzene rings is 1. The number of aromatic nitrogens is 3. The van der Waals surface area contributed by atoms with Gasteiger partial charge in [0.05, 0.1) is 11.9 Å². The number of rotatable bonds is 5. The van der Waals surface area contributed by atoms with Crippen LogP contribution >= 0.6 is 0 Å². The third kappa shape index (κ3) is 3.83. The highest BCUT2D eigenvalue weighted by atomic mass is 16.1. The second-order valence-corrected chi connectivity index (χ2v) is 5.30. The standard InChI is InChI=1S/C18H18N4O/c1-14-6-5-9-17(21-14)18(23)19-11-10-15-12-20-22(13-15)16-7-3-2-4-8-16/h2-9,12-13H,10-11H2,1H3,(H,19,23). The number of carbonyl (C=O) groups is 1. The molecular formula is C18H18N4O. The van der Waals surface area contributed by atoms with Gasteiger partial charge in [0.15, 0.2) is 0 Å². The molecule has 0 fully saturated rings. The van der Waals surface area contributed by atoms with Gasteiger partial charge in [-0.2, -0.15) is 5.10 Å². The molecule has 0 aliphatic rings. The lowest BCUT2D eigenvalue weighted by Gasteiger charge is -2.04. The molecule has 0 unspecified atom stereocenters. The van der Waals surface area contributed by atoms with Gasteiger partial charge in [-0.3, -0.25) is 4.79 Å². The number of hydrogen-bond acceptors (Lipinski definition) is 3. The maximum Gasteiger partial charge on any atom is 0.269 e. The molecule has 116 valence electrons. The lowest BCUT2D eigenvalue weighted by Crippen LogP contribution is -2.26. The lowest BCUT2D eigenvalue weighted by molar-refractivity contribution is 0.0949. The second kappa shape index (κ2) is 6.87. The Bertz CT molecular complexity index is 796. The van der Waals surface area contributed by atoms with E-state index >= 15 is 0 Å². The molecule has 5 nitrogen and oxygen atoms in total. The number of amides is 1. The predicted octanol–water partition coefficient (Wildman–Crippen LogP) is 2.55. The summed E-state index contributed by atoms with van der Waals surface area (Å²) in [6.07, 6.45) is 4.53. The summed E-state index contributed by atoms with van der Waals surface area (Å²) in [6, 6.07) is 15.4. The second-order valence-electron chi connectivity index (χ2n) is 5.30. The molecule has 1 amide bonds. The van der Waals surface area contributed by atoms with E-state index in [-0.39, 0.29) is 5.91 Å². The van der Waals surface area contributed by atoms with E-state index in [0.29, 0.717) is 12.2 Å². The van der Waals surface area contributed by atoms with Crippen LogP contribution in [0, 0.1) is 6.92 Å². The van der Waals surface area contributed by atoms with Crippen molar-refractivity contribution >= 4 is 5.91 Å². The van der Waals surface area contributed by atoms with Gasteiger partial charge in [0.25, 0.3) is 5.91 Å². The summed E-state index contributed by atoms with van der Waals surface area (Å²) >= 11 is 0. The summed E-state index contributed by atoms with van der Waals surface area (Å²) < 4.78 is 1.83. The molecule has 0 aliphatic heterocycles. The summed E-state index contributed by atoms with van der Waals surface area (Å²) in [7, 11) is 0. The van der Waals surface area contributed by atoms with Crippen LogP contribution in [-0.2, 0) is 6.42 Å². The molecule has 2 aromatic heterocycles. The molecular weight excluding hydrogens is 288 g/mol. The van der Waals surface area contributed by atoms with Gasteiger partial charge in [-0.25, -0.2) is 9.67 Å². The molecule has 0 atom stereocenters. The molecule has 0 bridgehead atoms. The molecule has 0 aliphatic carbocycles. The van der Waals surface area contributed by atoms with Crippen LogP contribution < -0.4 is 5.32 Å². The Balaban J connectivity index is 1.55.